The van der Waals surface area contributed by atoms with E-state index in [1.807, 2.05) is 0 Å². The van der Waals surface area contributed by atoms with Crippen LogP contribution in [0.3, 0.4) is 0 Å². The van der Waals surface area contributed by atoms with E-state index >= 15 is 0 Å². The van der Waals surface area contributed by atoms with Crippen molar-refractivity contribution in [1.82, 2.24) is 4.98 Å². The summed E-state index contributed by atoms with van der Waals surface area (Å²) in [4.78, 5) is 26.3. The third-order valence-corrected chi connectivity index (χ3v) is 3.09. The maximum absolute atomic E-state index is 12.1. The van der Waals surface area contributed by atoms with Gasteiger partial charge in [-0.15, -0.1) is 13.2 Å². The Morgan fingerprint density at radius 3 is 2.40 bits per heavy atom. The Labute approximate surface area is 144 Å². The average Bonchev–Trinajstić information content (AvgIpc) is 2.94. The largest absolute Gasteiger partial charge is 0.573 e. The predicted molar refractivity (Wildman–Crippen MR) is 82.4 cm³/mol. The van der Waals surface area contributed by atoms with Gasteiger partial charge in [0.15, 0.2) is 6.10 Å². The number of aromatic amines is 1. The first-order valence-electron chi connectivity index (χ1n) is 6.85. The number of hydrogen-bond donors (Lipinski definition) is 2. The Hall–Kier alpha value is -2.68. The van der Waals surface area contributed by atoms with E-state index < -0.39 is 30.1 Å². The third kappa shape index (κ3) is 5.71. The topological polar surface area (TPSA) is 80.4 Å². The van der Waals surface area contributed by atoms with Crippen molar-refractivity contribution in [2.45, 2.75) is 19.4 Å². The van der Waals surface area contributed by atoms with E-state index in [2.05, 4.69) is 15.0 Å². The Morgan fingerprint density at radius 2 is 1.88 bits per heavy atom. The number of aromatic nitrogens is 1. The van der Waals surface area contributed by atoms with Crippen molar-refractivity contribution in [2.24, 2.45) is 0 Å². The zero-order chi connectivity index (χ0) is 18.6. The van der Waals surface area contributed by atoms with Gasteiger partial charge in [0.05, 0.1) is 5.02 Å². The van der Waals surface area contributed by atoms with Crippen LogP contribution in [0.25, 0.3) is 0 Å². The molecule has 1 heterocycles. The minimum atomic E-state index is -4.80. The van der Waals surface area contributed by atoms with E-state index in [9.17, 15) is 22.8 Å². The lowest BCUT2D eigenvalue weighted by atomic mass is 10.3. The molecule has 1 atom stereocenters. The maximum Gasteiger partial charge on any atom is 0.573 e. The fraction of sp³-hybridized carbons (Fsp3) is 0.200. The summed E-state index contributed by atoms with van der Waals surface area (Å²) >= 11 is 5.66. The van der Waals surface area contributed by atoms with Crippen molar-refractivity contribution >= 4 is 29.2 Å². The van der Waals surface area contributed by atoms with E-state index in [4.69, 9.17) is 16.3 Å². The average molecular weight is 377 g/mol. The number of H-pyrrole nitrogens is 1. The number of rotatable bonds is 5. The molecule has 6 nitrogen and oxygen atoms in total. The van der Waals surface area contributed by atoms with Crippen LogP contribution in [0.1, 0.15) is 17.4 Å². The van der Waals surface area contributed by atoms with E-state index in [0.29, 0.717) is 5.02 Å². The van der Waals surface area contributed by atoms with Crippen LogP contribution >= 0.6 is 11.6 Å². The van der Waals surface area contributed by atoms with Gasteiger partial charge in [0, 0.05) is 11.9 Å². The van der Waals surface area contributed by atoms with Crippen molar-refractivity contribution < 1.29 is 32.2 Å². The molecule has 0 bridgehead atoms. The van der Waals surface area contributed by atoms with Crippen LogP contribution in [-0.4, -0.2) is 29.3 Å². The lowest BCUT2D eigenvalue weighted by Crippen LogP contribution is -2.30. The summed E-state index contributed by atoms with van der Waals surface area (Å²) in [5.74, 6) is -1.85. The molecule has 1 aromatic carbocycles. The molecule has 1 amide bonds. The number of carbonyl (C=O) groups excluding carboxylic acids is 2. The first-order valence-corrected chi connectivity index (χ1v) is 7.23. The quantitative estimate of drug-likeness (QED) is 0.779. The van der Waals surface area contributed by atoms with Crippen LogP contribution in [0.2, 0.25) is 5.02 Å². The molecule has 0 spiro atoms. The molecule has 0 saturated carbocycles. The second kappa shape index (κ2) is 7.47. The number of halogens is 4. The molecule has 0 fully saturated rings. The van der Waals surface area contributed by atoms with E-state index in [1.54, 1.807) is 0 Å². The fourth-order valence-electron chi connectivity index (χ4n) is 1.75. The molecule has 134 valence electrons. The number of carbonyl (C=O) groups is 2. The zero-order valence-electron chi connectivity index (χ0n) is 12.7. The lowest BCUT2D eigenvalue weighted by molar-refractivity contribution is -0.274. The van der Waals surface area contributed by atoms with E-state index in [0.717, 1.165) is 12.1 Å². The summed E-state index contributed by atoms with van der Waals surface area (Å²) in [7, 11) is 0. The monoisotopic (exact) mass is 376 g/mol. The number of hydrogen-bond acceptors (Lipinski definition) is 4. The van der Waals surface area contributed by atoms with Crippen molar-refractivity contribution in [2.75, 3.05) is 5.32 Å². The van der Waals surface area contributed by atoms with E-state index in [1.165, 1.54) is 31.3 Å². The number of benzene rings is 1. The highest BCUT2D eigenvalue weighted by molar-refractivity contribution is 6.30. The third-order valence-electron chi connectivity index (χ3n) is 2.88. The lowest BCUT2D eigenvalue weighted by Gasteiger charge is -2.13. The highest BCUT2D eigenvalue weighted by Crippen LogP contribution is 2.24. The number of amides is 1. The Morgan fingerprint density at radius 1 is 1.24 bits per heavy atom. The van der Waals surface area contributed by atoms with Crippen LogP contribution in [0, 0.1) is 0 Å². The second-order valence-corrected chi connectivity index (χ2v) is 5.28. The minimum absolute atomic E-state index is 0.0818. The Bertz CT molecular complexity index is 759. The molecule has 0 aliphatic carbocycles. The van der Waals surface area contributed by atoms with Crippen molar-refractivity contribution in [3.8, 4) is 5.75 Å². The summed E-state index contributed by atoms with van der Waals surface area (Å²) in [6.45, 7) is 1.35. The van der Waals surface area contributed by atoms with Gasteiger partial charge in [-0.25, -0.2) is 4.79 Å². The summed E-state index contributed by atoms with van der Waals surface area (Å²) < 4.78 is 44.9. The van der Waals surface area contributed by atoms with Crippen molar-refractivity contribution in [3.05, 3.63) is 47.2 Å². The summed E-state index contributed by atoms with van der Waals surface area (Å²) in [6.07, 6.45) is -4.55. The SMILES string of the molecule is CC(OC(=O)c1cc(Cl)c[nH]1)C(=O)Nc1ccc(OC(F)(F)F)cc1. The smallest absolute Gasteiger partial charge is 0.448 e. The van der Waals surface area contributed by atoms with Crippen LogP contribution in [0.15, 0.2) is 36.5 Å². The van der Waals surface area contributed by atoms with Crippen LogP contribution in [-0.2, 0) is 9.53 Å². The number of anilines is 1. The second-order valence-electron chi connectivity index (χ2n) is 4.84. The van der Waals surface area contributed by atoms with Gasteiger partial charge in [-0.2, -0.15) is 0 Å². The Kier molecular flexibility index (Phi) is 5.58. The molecule has 0 aliphatic heterocycles. The van der Waals surface area contributed by atoms with Crippen molar-refractivity contribution in [3.63, 3.8) is 0 Å². The molecule has 2 N–H and O–H groups in total. The predicted octanol–water partition coefficient (Wildman–Crippen LogP) is 3.75. The molecule has 1 aromatic heterocycles. The van der Waals surface area contributed by atoms with Gasteiger partial charge in [-0.3, -0.25) is 4.79 Å². The zero-order valence-corrected chi connectivity index (χ0v) is 13.4. The highest BCUT2D eigenvalue weighted by atomic mass is 35.5. The molecule has 2 aromatic rings. The summed E-state index contributed by atoms with van der Waals surface area (Å²) in [6, 6.07) is 5.87. The standard InChI is InChI=1S/C15H12ClF3N2O4/c1-8(24-14(23)12-6-9(16)7-20-12)13(22)21-10-2-4-11(5-3-10)25-15(17,18)19/h2-8,20H,1H3,(H,21,22). The molecule has 2 rings (SSSR count). The summed E-state index contributed by atoms with van der Waals surface area (Å²) in [5, 5.41) is 2.71. The first kappa shape index (κ1) is 18.7. The minimum Gasteiger partial charge on any atom is -0.448 e. The number of esters is 1. The van der Waals surface area contributed by atoms with Crippen LogP contribution < -0.4 is 10.1 Å². The van der Waals surface area contributed by atoms with Gasteiger partial charge >= 0.3 is 12.3 Å². The molecule has 10 heteroatoms. The van der Waals surface area contributed by atoms with Gasteiger partial charge in [-0.1, -0.05) is 11.6 Å². The molecular formula is C15H12ClF3N2O4. The molecule has 25 heavy (non-hydrogen) atoms. The van der Waals surface area contributed by atoms with Gasteiger partial charge in [-0.05, 0) is 37.3 Å². The Balaban J connectivity index is 1.91. The van der Waals surface area contributed by atoms with Gasteiger partial charge in [0.25, 0.3) is 5.91 Å². The maximum atomic E-state index is 12.1. The number of ether oxygens (including phenoxy) is 2. The molecule has 0 radical (unpaired) electrons. The highest BCUT2D eigenvalue weighted by Gasteiger charge is 2.31. The van der Waals surface area contributed by atoms with Crippen LogP contribution in [0.4, 0.5) is 18.9 Å². The fourth-order valence-corrected chi connectivity index (χ4v) is 1.91. The van der Waals surface area contributed by atoms with Crippen molar-refractivity contribution in [1.29, 1.82) is 0 Å². The molecular weight excluding hydrogens is 365 g/mol. The normalized spacial score (nSPS) is 12.4. The number of nitrogens with one attached hydrogen (secondary N) is 2. The van der Waals surface area contributed by atoms with Gasteiger partial charge in [0.1, 0.15) is 11.4 Å². The summed E-state index contributed by atoms with van der Waals surface area (Å²) in [5.41, 5.74) is 0.295. The molecule has 0 aliphatic rings. The number of alkyl halides is 3. The first-order chi connectivity index (χ1) is 11.6. The van der Waals surface area contributed by atoms with Gasteiger partial charge < -0.3 is 19.8 Å². The van der Waals surface area contributed by atoms with Crippen LogP contribution in [0.5, 0.6) is 5.75 Å². The molecule has 1 unspecified atom stereocenters. The molecule has 0 saturated heterocycles. The van der Waals surface area contributed by atoms with E-state index in [-0.39, 0.29) is 11.4 Å². The van der Waals surface area contributed by atoms with Gasteiger partial charge in [0.2, 0.25) is 0 Å².